The highest BCUT2D eigenvalue weighted by atomic mass is 19.4. The Morgan fingerprint density at radius 2 is 1.72 bits per heavy atom. The van der Waals surface area contributed by atoms with Gasteiger partial charge in [0.2, 0.25) is 0 Å². The molecule has 0 aliphatic carbocycles. The molecule has 2 N–H and O–H groups in total. The Balaban J connectivity index is 0.00000144. The van der Waals surface area contributed by atoms with Crippen LogP contribution in [0.5, 0.6) is 5.75 Å². The van der Waals surface area contributed by atoms with Gasteiger partial charge in [0.15, 0.2) is 0 Å². The minimum atomic E-state index is -4.25. The normalized spacial score (nSPS) is 13.2. The fourth-order valence-corrected chi connectivity index (χ4v) is 2.97. The van der Waals surface area contributed by atoms with Crippen LogP contribution in [-0.2, 0) is 13.0 Å². The second-order valence-corrected chi connectivity index (χ2v) is 7.04. The summed E-state index contributed by atoms with van der Waals surface area (Å²) >= 11 is 0. The van der Waals surface area contributed by atoms with Gasteiger partial charge in [-0.05, 0) is 63.5 Å². The van der Waals surface area contributed by atoms with E-state index >= 15 is 0 Å². The van der Waals surface area contributed by atoms with E-state index in [0.717, 1.165) is 40.7 Å². The zero-order chi connectivity index (χ0) is 24.9. The van der Waals surface area contributed by atoms with E-state index in [1.165, 1.54) is 6.08 Å². The maximum Gasteiger partial charge on any atom is 0.394 e. The number of aliphatic hydroxyl groups is 1. The highest BCUT2D eigenvalue weighted by Crippen LogP contribution is 2.31. The van der Waals surface area contributed by atoms with E-state index in [9.17, 15) is 27.8 Å². The van der Waals surface area contributed by atoms with Crippen LogP contribution in [0.4, 0.5) is 17.6 Å². The number of alkyl halides is 4. The van der Waals surface area contributed by atoms with Crippen molar-refractivity contribution in [1.82, 2.24) is 4.57 Å². The third kappa shape index (κ3) is 8.54. The molecule has 0 amide bonds. The van der Waals surface area contributed by atoms with Gasteiger partial charge in [-0.3, -0.25) is 4.39 Å². The van der Waals surface area contributed by atoms with Gasteiger partial charge < -0.3 is 14.8 Å². The molecule has 2 rings (SSSR count). The first-order valence-electron chi connectivity index (χ1n) is 10.4. The summed E-state index contributed by atoms with van der Waals surface area (Å²) in [5, 5.41) is 19.9. The summed E-state index contributed by atoms with van der Waals surface area (Å²) in [4.78, 5) is 0. The number of hydrogen-bond donors (Lipinski definition) is 2. The molecular formula is C25H35F4NO2. The summed E-state index contributed by atoms with van der Waals surface area (Å²) < 4.78 is 49.6. The van der Waals surface area contributed by atoms with Gasteiger partial charge in [-0.1, -0.05) is 37.3 Å². The molecule has 3 nitrogen and oxygen atoms in total. The minimum Gasteiger partial charge on any atom is -0.508 e. The van der Waals surface area contributed by atoms with Crippen LogP contribution in [0.25, 0.3) is 10.9 Å². The minimum absolute atomic E-state index is 0.0188. The summed E-state index contributed by atoms with van der Waals surface area (Å²) in [7, 11) is 0.500. The van der Waals surface area contributed by atoms with Gasteiger partial charge in [0.25, 0.3) is 0 Å². The van der Waals surface area contributed by atoms with E-state index in [1.54, 1.807) is 31.2 Å². The Kier molecular flexibility index (Phi) is 13.4. The first-order valence-corrected chi connectivity index (χ1v) is 10.4. The number of aliphatic hydroxyl groups excluding tert-OH is 1. The van der Waals surface area contributed by atoms with Crippen LogP contribution in [0.2, 0.25) is 0 Å². The Labute approximate surface area is 188 Å². The highest BCUT2D eigenvalue weighted by molar-refractivity contribution is 5.87. The average molecular weight is 458 g/mol. The van der Waals surface area contributed by atoms with E-state index in [-0.39, 0.29) is 12.4 Å². The van der Waals surface area contributed by atoms with Crippen LogP contribution in [0, 0.1) is 12.8 Å². The second-order valence-electron chi connectivity index (χ2n) is 7.04. The Bertz CT molecular complexity index is 905. The molecule has 1 aromatic heterocycles. The molecule has 0 saturated carbocycles. The molecule has 180 valence electrons. The molecule has 0 aliphatic heterocycles. The van der Waals surface area contributed by atoms with E-state index in [2.05, 4.69) is 0 Å². The lowest BCUT2D eigenvalue weighted by Crippen LogP contribution is -2.17. The van der Waals surface area contributed by atoms with Crippen LogP contribution >= 0.6 is 0 Å². The second kappa shape index (κ2) is 14.5. The van der Waals surface area contributed by atoms with Crippen molar-refractivity contribution in [3.8, 4) is 5.75 Å². The third-order valence-electron chi connectivity index (χ3n) is 4.96. The molecule has 0 saturated heterocycles. The van der Waals surface area contributed by atoms with E-state index in [1.807, 2.05) is 37.5 Å². The Morgan fingerprint density at radius 3 is 2.19 bits per heavy atom. The lowest BCUT2D eigenvalue weighted by atomic mass is 10.1. The molecule has 1 aromatic carbocycles. The molecule has 7 heteroatoms. The molecule has 1 heterocycles. The number of hydrogen-bond acceptors (Lipinski definition) is 2. The largest absolute Gasteiger partial charge is 0.508 e. The molecule has 1 unspecified atom stereocenters. The fourth-order valence-electron chi connectivity index (χ4n) is 2.97. The number of benzene rings is 1. The molecule has 0 aliphatic rings. The molecule has 32 heavy (non-hydrogen) atoms. The quantitative estimate of drug-likeness (QED) is 0.277. The van der Waals surface area contributed by atoms with Crippen molar-refractivity contribution in [1.29, 1.82) is 0 Å². The van der Waals surface area contributed by atoms with Gasteiger partial charge in [-0.2, -0.15) is 13.2 Å². The van der Waals surface area contributed by atoms with Crippen LogP contribution in [0.3, 0.4) is 0 Å². The lowest BCUT2D eigenvalue weighted by molar-refractivity contribution is -0.156. The number of fused-ring (bicyclic) bond motifs is 1. The van der Waals surface area contributed by atoms with Gasteiger partial charge in [0.05, 0.1) is 13.1 Å². The smallest absolute Gasteiger partial charge is 0.394 e. The first kappa shape index (κ1) is 29.5. The number of aromatic hydroxyl groups is 1. The van der Waals surface area contributed by atoms with E-state index in [4.69, 9.17) is 0 Å². The van der Waals surface area contributed by atoms with Crippen molar-refractivity contribution in [3.05, 3.63) is 65.4 Å². The van der Waals surface area contributed by atoms with Gasteiger partial charge in [0, 0.05) is 29.7 Å². The number of phenols is 1. The van der Waals surface area contributed by atoms with Crippen molar-refractivity contribution in [2.24, 2.45) is 5.92 Å². The molecule has 0 fully saturated rings. The summed E-state index contributed by atoms with van der Waals surface area (Å²) in [5.74, 6) is -1.37. The zero-order valence-electron chi connectivity index (χ0n) is 19.7. The summed E-state index contributed by atoms with van der Waals surface area (Å²) in [6.07, 6.45) is 4.66. The summed E-state index contributed by atoms with van der Waals surface area (Å²) in [5.41, 5.74) is 3.49. The predicted octanol–water partition coefficient (Wildman–Crippen LogP) is 7.06. The van der Waals surface area contributed by atoms with Crippen LogP contribution in [-0.4, -0.2) is 34.7 Å². The molecule has 2 aromatic rings. The summed E-state index contributed by atoms with van der Waals surface area (Å²) in [6.45, 7) is 9.23. The number of phenolic OH excluding ortho intramolecular Hbond substituents is 1. The molecule has 0 radical (unpaired) electrons. The van der Waals surface area contributed by atoms with Crippen molar-refractivity contribution in [2.75, 3.05) is 13.8 Å². The van der Waals surface area contributed by atoms with Gasteiger partial charge in [-0.25, -0.2) is 0 Å². The molecule has 0 bridgehead atoms. The number of allylic oxidation sites excluding steroid dienone is 6. The number of nitrogens with zero attached hydrogens (tertiary/aromatic N) is 1. The van der Waals surface area contributed by atoms with E-state index in [0.29, 0.717) is 20.1 Å². The van der Waals surface area contributed by atoms with Crippen molar-refractivity contribution in [3.63, 3.8) is 0 Å². The number of aromatic nitrogens is 1. The van der Waals surface area contributed by atoms with Gasteiger partial charge in [-0.15, -0.1) is 0 Å². The SMILES string of the molecule is C/C=C(\C=C/C(C)C(F)(F)F)Cn1c(C)c(CCO)c2cc(O)ccc21.C/C=C\C.CF. The first-order chi connectivity index (χ1) is 15.1. The van der Waals surface area contributed by atoms with Crippen LogP contribution in [0.1, 0.15) is 39.0 Å². The fraction of sp³-hybridized carbons (Fsp3) is 0.440. The lowest BCUT2D eigenvalue weighted by Gasteiger charge is -2.13. The zero-order valence-corrected chi connectivity index (χ0v) is 19.7. The summed E-state index contributed by atoms with van der Waals surface area (Å²) in [6, 6.07) is 5.02. The third-order valence-corrected chi connectivity index (χ3v) is 4.96. The average Bonchev–Trinajstić information content (AvgIpc) is 3.02. The maximum atomic E-state index is 12.7. The molecular weight excluding hydrogens is 422 g/mol. The Morgan fingerprint density at radius 1 is 1.12 bits per heavy atom. The van der Waals surface area contributed by atoms with Crippen LogP contribution < -0.4 is 0 Å². The Hall–Kier alpha value is -2.54. The monoisotopic (exact) mass is 457 g/mol. The topological polar surface area (TPSA) is 45.4 Å². The molecule has 0 spiro atoms. The number of halogens is 4. The van der Waals surface area contributed by atoms with Crippen LogP contribution in [0.15, 0.2) is 54.2 Å². The van der Waals surface area contributed by atoms with Gasteiger partial charge in [0.1, 0.15) is 5.75 Å². The van der Waals surface area contributed by atoms with E-state index < -0.39 is 12.1 Å². The number of rotatable bonds is 6. The standard InChI is InChI=1S/C20H24F3NO2.C4H8.CH3F/c1-4-15(6-5-13(2)20(21,22)23)12-24-14(3)17(9-10-25)18-11-16(26)7-8-19(18)24;1-3-4-2;1-2/h4-8,11,13,25-26H,9-10,12H2,1-3H3;3-4H,1-2H3;1H3/b6-5-,15-4+;4-3-;. The van der Waals surface area contributed by atoms with Gasteiger partial charge >= 0.3 is 6.18 Å². The van der Waals surface area contributed by atoms with Crippen molar-refractivity contribution in [2.45, 2.75) is 53.8 Å². The highest BCUT2D eigenvalue weighted by Gasteiger charge is 2.33. The maximum absolute atomic E-state index is 12.7. The van der Waals surface area contributed by atoms with Crippen molar-refractivity contribution < 1.29 is 27.8 Å². The molecule has 1 atom stereocenters. The predicted molar refractivity (Wildman–Crippen MR) is 125 cm³/mol. The van der Waals surface area contributed by atoms with Crippen molar-refractivity contribution >= 4 is 10.9 Å².